The van der Waals surface area contributed by atoms with Crippen molar-refractivity contribution in [2.45, 2.75) is 12.8 Å². The minimum Gasteiger partial charge on any atom is -0.493 e. The van der Waals surface area contributed by atoms with E-state index in [0.29, 0.717) is 5.65 Å². The van der Waals surface area contributed by atoms with Crippen molar-refractivity contribution in [2.75, 3.05) is 19.9 Å². The molecule has 3 heterocycles. The number of hydrogen-bond donors (Lipinski definition) is 2. The number of H-pyrrole nitrogens is 1. The van der Waals surface area contributed by atoms with Gasteiger partial charge in [-0.15, -0.1) is 0 Å². The van der Waals surface area contributed by atoms with Crippen LogP contribution in [-0.4, -0.2) is 41.2 Å². The summed E-state index contributed by atoms with van der Waals surface area (Å²) in [4.78, 5) is 11.8. The number of aromatic amines is 1. The fraction of sp³-hybridized carbons (Fsp3) is 0.217. The Bertz CT molecular complexity index is 1060. The van der Waals surface area contributed by atoms with E-state index in [1.165, 1.54) is 6.08 Å². The van der Waals surface area contributed by atoms with E-state index in [0.717, 1.165) is 34.6 Å². The zero-order valence-electron chi connectivity index (χ0n) is 16.4. The van der Waals surface area contributed by atoms with Crippen molar-refractivity contribution >= 4 is 22.8 Å². The van der Waals surface area contributed by atoms with Crippen LogP contribution < -0.4 is 0 Å². The van der Waals surface area contributed by atoms with Gasteiger partial charge in [0.2, 0.25) is 0 Å². The molecule has 0 radical (unpaired) electrons. The molecule has 0 spiro atoms. The van der Waals surface area contributed by atoms with E-state index < -0.39 is 12.5 Å². The SMILES string of the molecule is C=C(Cc1c[nH]c2ncc(C3=CCC=CN=C3)cc12)/C(F)=C\C=C(/CF)OCCO. The number of fused-ring (bicyclic) bond motifs is 1. The molecule has 1 aliphatic heterocycles. The third-order valence-electron chi connectivity index (χ3n) is 4.50. The summed E-state index contributed by atoms with van der Waals surface area (Å²) in [5.41, 5.74) is 3.69. The van der Waals surface area contributed by atoms with E-state index in [1.54, 1.807) is 24.8 Å². The van der Waals surface area contributed by atoms with Crippen molar-refractivity contribution in [1.29, 1.82) is 0 Å². The summed E-state index contributed by atoms with van der Waals surface area (Å²) >= 11 is 0. The van der Waals surface area contributed by atoms with Crippen LogP contribution in [-0.2, 0) is 11.2 Å². The molecule has 30 heavy (non-hydrogen) atoms. The van der Waals surface area contributed by atoms with Gasteiger partial charge in [0, 0.05) is 42.2 Å². The lowest BCUT2D eigenvalue weighted by atomic mass is 10.0. The average molecular weight is 411 g/mol. The molecule has 5 nitrogen and oxygen atoms in total. The molecule has 3 rings (SSSR count). The van der Waals surface area contributed by atoms with Crippen LogP contribution in [0.3, 0.4) is 0 Å². The lowest BCUT2D eigenvalue weighted by molar-refractivity contribution is 0.133. The molecule has 0 unspecified atom stereocenters. The van der Waals surface area contributed by atoms with E-state index in [-0.39, 0.29) is 31.0 Å². The molecule has 2 aromatic rings. The van der Waals surface area contributed by atoms with Crippen molar-refractivity contribution in [3.8, 4) is 0 Å². The first-order valence-corrected chi connectivity index (χ1v) is 9.51. The number of aliphatic hydroxyl groups is 1. The predicted molar refractivity (Wildman–Crippen MR) is 115 cm³/mol. The summed E-state index contributed by atoms with van der Waals surface area (Å²) in [5, 5.41) is 9.60. The molecule has 2 N–H and O–H groups in total. The largest absolute Gasteiger partial charge is 0.493 e. The van der Waals surface area contributed by atoms with Crippen LogP contribution in [0.5, 0.6) is 0 Å². The Hall–Kier alpha value is -3.32. The molecule has 0 saturated carbocycles. The van der Waals surface area contributed by atoms with Gasteiger partial charge in [-0.1, -0.05) is 18.7 Å². The van der Waals surface area contributed by atoms with Gasteiger partial charge in [0.05, 0.1) is 6.61 Å². The Morgan fingerprint density at radius 3 is 3.03 bits per heavy atom. The number of nitrogens with zero attached hydrogens (tertiary/aromatic N) is 2. The van der Waals surface area contributed by atoms with Crippen LogP contribution >= 0.6 is 0 Å². The maximum Gasteiger partial charge on any atom is 0.146 e. The smallest absolute Gasteiger partial charge is 0.146 e. The molecule has 0 saturated heterocycles. The number of aliphatic imine (C=N–C) groups is 1. The van der Waals surface area contributed by atoms with Gasteiger partial charge < -0.3 is 14.8 Å². The van der Waals surface area contributed by atoms with Crippen LogP contribution in [0.1, 0.15) is 17.5 Å². The van der Waals surface area contributed by atoms with Gasteiger partial charge in [0.25, 0.3) is 0 Å². The summed E-state index contributed by atoms with van der Waals surface area (Å²) in [6.45, 7) is 2.63. The summed E-state index contributed by atoms with van der Waals surface area (Å²) in [5.74, 6) is -0.627. The van der Waals surface area contributed by atoms with Crippen LogP contribution in [0, 0.1) is 0 Å². The quantitative estimate of drug-likeness (QED) is 0.462. The number of pyridine rings is 1. The number of hydrogen-bond acceptors (Lipinski definition) is 4. The normalized spacial score (nSPS) is 14.7. The van der Waals surface area contributed by atoms with E-state index in [1.807, 2.05) is 12.1 Å². The molecule has 0 amide bonds. The molecule has 0 bridgehead atoms. The highest BCUT2D eigenvalue weighted by Gasteiger charge is 2.11. The minimum absolute atomic E-state index is 0.0476. The van der Waals surface area contributed by atoms with Crippen molar-refractivity contribution in [2.24, 2.45) is 4.99 Å². The van der Waals surface area contributed by atoms with Crippen LogP contribution in [0.4, 0.5) is 8.78 Å². The molecule has 0 atom stereocenters. The van der Waals surface area contributed by atoms with Gasteiger partial charge in [-0.05, 0) is 41.3 Å². The van der Waals surface area contributed by atoms with Gasteiger partial charge >= 0.3 is 0 Å². The molecule has 1 aliphatic rings. The molecule has 7 heteroatoms. The summed E-state index contributed by atoms with van der Waals surface area (Å²) < 4.78 is 32.3. The zero-order chi connectivity index (χ0) is 21.3. The predicted octanol–water partition coefficient (Wildman–Crippen LogP) is 4.75. The summed E-state index contributed by atoms with van der Waals surface area (Å²) in [6, 6.07) is 2.00. The third-order valence-corrected chi connectivity index (χ3v) is 4.50. The van der Waals surface area contributed by atoms with Crippen molar-refractivity contribution < 1.29 is 18.6 Å². The Morgan fingerprint density at radius 2 is 2.23 bits per heavy atom. The molecule has 0 fully saturated rings. The summed E-state index contributed by atoms with van der Waals surface area (Å²) in [7, 11) is 0. The van der Waals surface area contributed by atoms with Crippen LogP contribution in [0.15, 0.2) is 77.7 Å². The standard InChI is InChI=1S/C23H23F2N3O2/c1-16(22(25)6-5-20(12-24)30-9-8-29)10-19-15-28-23-21(19)11-18(14-27-23)17-4-2-3-7-26-13-17/h3-7,11,13-15,29H,1-2,8-10,12H2,(H,27,28)/b20-5+,22-6+. The number of ether oxygens (including phenoxy) is 1. The molecule has 2 aromatic heterocycles. The van der Waals surface area contributed by atoms with E-state index in [2.05, 4.69) is 27.6 Å². The highest BCUT2D eigenvalue weighted by molar-refractivity contribution is 6.11. The van der Waals surface area contributed by atoms with Gasteiger partial charge in [-0.3, -0.25) is 4.99 Å². The van der Waals surface area contributed by atoms with Crippen molar-refractivity contribution in [3.63, 3.8) is 0 Å². The van der Waals surface area contributed by atoms with Crippen LogP contribution in [0.25, 0.3) is 16.6 Å². The first kappa shape index (κ1) is 21.4. The molecular weight excluding hydrogens is 388 g/mol. The number of halogens is 2. The van der Waals surface area contributed by atoms with E-state index >= 15 is 0 Å². The number of allylic oxidation sites excluding steroid dienone is 8. The minimum atomic E-state index is -0.887. The lowest BCUT2D eigenvalue weighted by Gasteiger charge is -2.06. The topological polar surface area (TPSA) is 70.5 Å². The first-order chi connectivity index (χ1) is 14.6. The maximum absolute atomic E-state index is 14.5. The van der Waals surface area contributed by atoms with E-state index in [4.69, 9.17) is 9.84 Å². The van der Waals surface area contributed by atoms with Gasteiger partial charge in [-0.25, -0.2) is 13.8 Å². The zero-order valence-corrected chi connectivity index (χ0v) is 16.4. The lowest BCUT2D eigenvalue weighted by Crippen LogP contribution is -2.00. The van der Waals surface area contributed by atoms with E-state index in [9.17, 15) is 8.78 Å². The third kappa shape index (κ3) is 5.39. The maximum atomic E-state index is 14.5. The molecule has 0 aliphatic carbocycles. The highest BCUT2D eigenvalue weighted by atomic mass is 19.1. The molecule has 156 valence electrons. The summed E-state index contributed by atoms with van der Waals surface area (Å²) in [6.07, 6.45) is 14.5. The second-order valence-electron chi connectivity index (χ2n) is 6.63. The molecular formula is C23H23F2N3O2. The fourth-order valence-electron chi connectivity index (χ4n) is 2.95. The Balaban J connectivity index is 1.79. The Labute approximate surface area is 173 Å². The second kappa shape index (κ2) is 10.5. The van der Waals surface area contributed by atoms with Gasteiger partial charge in [0.1, 0.15) is 30.5 Å². The fourth-order valence-corrected chi connectivity index (χ4v) is 2.95. The highest BCUT2D eigenvalue weighted by Crippen LogP contribution is 2.26. The molecule has 0 aromatic carbocycles. The number of aromatic nitrogens is 2. The number of aliphatic hydroxyl groups excluding tert-OH is 1. The number of nitrogens with one attached hydrogen (secondary N) is 1. The second-order valence-corrected chi connectivity index (χ2v) is 6.63. The number of alkyl halides is 1. The van der Waals surface area contributed by atoms with Crippen molar-refractivity contribution in [3.05, 3.63) is 83.8 Å². The Morgan fingerprint density at radius 1 is 1.37 bits per heavy atom. The van der Waals surface area contributed by atoms with Gasteiger partial charge in [0.15, 0.2) is 0 Å². The van der Waals surface area contributed by atoms with Crippen molar-refractivity contribution in [1.82, 2.24) is 9.97 Å². The van der Waals surface area contributed by atoms with Gasteiger partial charge in [-0.2, -0.15) is 0 Å². The number of rotatable bonds is 9. The Kier molecular flexibility index (Phi) is 7.45. The average Bonchev–Trinajstić information content (AvgIpc) is 2.97. The van der Waals surface area contributed by atoms with Crippen LogP contribution in [0.2, 0.25) is 0 Å². The monoisotopic (exact) mass is 411 g/mol. The first-order valence-electron chi connectivity index (χ1n) is 9.51.